The van der Waals surface area contributed by atoms with E-state index >= 15 is 0 Å². The van der Waals surface area contributed by atoms with E-state index in [9.17, 15) is 4.79 Å². The Kier molecular flexibility index (Phi) is 24.1. The molecular formula is C29H61N2O2+. The van der Waals surface area contributed by atoms with Gasteiger partial charge < -0.3 is 14.9 Å². The molecule has 4 heteroatoms. The van der Waals surface area contributed by atoms with Gasteiger partial charge in [0.1, 0.15) is 6.54 Å². The molecule has 0 aromatic rings. The van der Waals surface area contributed by atoms with Crippen LogP contribution in [0.15, 0.2) is 0 Å². The van der Waals surface area contributed by atoms with Crippen LogP contribution in [-0.4, -0.2) is 55.8 Å². The van der Waals surface area contributed by atoms with Gasteiger partial charge in [0.05, 0.1) is 27.2 Å². The average Bonchev–Trinajstić information content (AvgIpc) is 2.78. The van der Waals surface area contributed by atoms with E-state index in [1.807, 2.05) is 0 Å². The topological polar surface area (TPSA) is 49.3 Å². The number of rotatable bonds is 26. The first-order valence-corrected chi connectivity index (χ1v) is 14.7. The normalized spacial score (nSPS) is 11.8. The van der Waals surface area contributed by atoms with E-state index in [4.69, 9.17) is 5.11 Å². The number of aliphatic hydroxyl groups is 1. The van der Waals surface area contributed by atoms with Gasteiger partial charge in [-0.2, -0.15) is 0 Å². The van der Waals surface area contributed by atoms with Crippen LogP contribution in [0.5, 0.6) is 0 Å². The Balaban J connectivity index is 3.21. The maximum absolute atomic E-state index is 11.9. The van der Waals surface area contributed by atoms with Crippen molar-refractivity contribution in [2.45, 2.75) is 142 Å². The van der Waals surface area contributed by atoms with Crippen LogP contribution in [0.1, 0.15) is 142 Å². The maximum Gasteiger partial charge on any atom is 0.219 e. The SMILES string of the molecule is CCCCCCCCCCCCCCCCCCCCCC(=O)NCCC[N+](C)(C)CCO. The molecule has 2 N–H and O–H groups in total. The third-order valence-corrected chi connectivity index (χ3v) is 6.98. The summed E-state index contributed by atoms with van der Waals surface area (Å²) in [6.45, 7) is 5.02. The fraction of sp³-hybridized carbons (Fsp3) is 0.966. The van der Waals surface area contributed by atoms with Gasteiger partial charge in [-0.25, -0.2) is 0 Å². The monoisotopic (exact) mass is 469 g/mol. The molecule has 0 bridgehead atoms. The molecule has 0 radical (unpaired) electrons. The molecule has 0 heterocycles. The average molecular weight is 470 g/mol. The van der Waals surface area contributed by atoms with E-state index in [1.54, 1.807) is 0 Å². The fourth-order valence-corrected chi connectivity index (χ4v) is 4.57. The number of quaternary nitrogens is 1. The van der Waals surface area contributed by atoms with Crippen molar-refractivity contribution in [1.29, 1.82) is 0 Å². The van der Waals surface area contributed by atoms with Crippen molar-refractivity contribution in [2.75, 3.05) is 40.3 Å². The number of nitrogens with zero attached hydrogens (tertiary/aromatic N) is 1. The highest BCUT2D eigenvalue weighted by Gasteiger charge is 2.13. The van der Waals surface area contributed by atoms with E-state index in [0.29, 0.717) is 6.42 Å². The zero-order valence-corrected chi connectivity index (χ0v) is 23.0. The minimum Gasteiger partial charge on any atom is -0.391 e. The van der Waals surface area contributed by atoms with Crippen LogP contribution in [0.4, 0.5) is 0 Å². The summed E-state index contributed by atoms with van der Waals surface area (Å²) in [6, 6.07) is 0. The van der Waals surface area contributed by atoms with Crippen molar-refractivity contribution >= 4 is 5.91 Å². The molecule has 0 aliphatic rings. The number of carbonyl (C=O) groups is 1. The molecule has 0 fully saturated rings. The summed E-state index contributed by atoms with van der Waals surface area (Å²) in [5.74, 6) is 0.203. The molecule has 0 saturated heterocycles. The number of nitrogens with one attached hydrogen (secondary N) is 1. The summed E-state index contributed by atoms with van der Waals surface area (Å²) >= 11 is 0. The minimum absolute atomic E-state index is 0.203. The second kappa shape index (κ2) is 24.5. The molecule has 0 unspecified atom stereocenters. The number of amides is 1. The second-order valence-electron chi connectivity index (χ2n) is 10.9. The molecule has 0 aliphatic carbocycles. The van der Waals surface area contributed by atoms with Crippen LogP contribution in [0, 0.1) is 0 Å². The van der Waals surface area contributed by atoms with Gasteiger partial charge in [-0.15, -0.1) is 0 Å². The van der Waals surface area contributed by atoms with Gasteiger partial charge in [-0.3, -0.25) is 4.79 Å². The molecule has 0 spiro atoms. The van der Waals surface area contributed by atoms with E-state index in [2.05, 4.69) is 26.3 Å². The highest BCUT2D eigenvalue weighted by Crippen LogP contribution is 2.14. The van der Waals surface area contributed by atoms with Gasteiger partial charge in [0.2, 0.25) is 5.91 Å². The highest BCUT2D eigenvalue weighted by molar-refractivity contribution is 5.75. The summed E-state index contributed by atoms with van der Waals surface area (Å²) < 4.78 is 0.811. The van der Waals surface area contributed by atoms with E-state index in [0.717, 1.165) is 37.0 Å². The van der Waals surface area contributed by atoms with Crippen LogP contribution < -0.4 is 5.32 Å². The van der Waals surface area contributed by atoms with Crippen LogP contribution >= 0.6 is 0 Å². The number of likely N-dealkylation sites (N-methyl/N-ethyl adjacent to an activating group) is 1. The van der Waals surface area contributed by atoms with Gasteiger partial charge in [0, 0.05) is 19.4 Å². The molecule has 198 valence electrons. The smallest absolute Gasteiger partial charge is 0.219 e. The minimum atomic E-state index is 0.203. The number of carbonyl (C=O) groups excluding carboxylic acids is 1. The van der Waals surface area contributed by atoms with Gasteiger partial charge in [-0.1, -0.05) is 122 Å². The standard InChI is InChI=1S/C29H60N2O2/c1-4-5-6-7-8-9-10-11-12-13-14-15-16-17-18-19-20-21-22-24-29(33)30-25-23-26-31(2,3)27-28-32/h32H,4-28H2,1-3H3/p+1. The zero-order valence-electron chi connectivity index (χ0n) is 23.0. The third-order valence-electron chi connectivity index (χ3n) is 6.98. The molecule has 1 amide bonds. The Morgan fingerprint density at radius 2 is 1.00 bits per heavy atom. The van der Waals surface area contributed by atoms with E-state index in [1.165, 1.54) is 116 Å². The lowest BCUT2D eigenvalue weighted by atomic mass is 10.0. The summed E-state index contributed by atoms with van der Waals surface area (Å²) in [5.41, 5.74) is 0. The van der Waals surface area contributed by atoms with Gasteiger partial charge in [0.25, 0.3) is 0 Å². The largest absolute Gasteiger partial charge is 0.391 e. The molecule has 0 saturated carbocycles. The lowest BCUT2D eigenvalue weighted by Gasteiger charge is -2.28. The fourth-order valence-electron chi connectivity index (χ4n) is 4.57. The first-order chi connectivity index (χ1) is 16.0. The first kappa shape index (κ1) is 32.4. The van der Waals surface area contributed by atoms with Crippen molar-refractivity contribution in [3.63, 3.8) is 0 Å². The Hall–Kier alpha value is -0.610. The molecule has 4 nitrogen and oxygen atoms in total. The maximum atomic E-state index is 11.9. The molecule has 0 atom stereocenters. The number of aliphatic hydroxyl groups excluding tert-OH is 1. The number of hydrogen-bond acceptors (Lipinski definition) is 2. The Morgan fingerprint density at radius 1 is 0.606 bits per heavy atom. The van der Waals surface area contributed by atoms with Gasteiger partial charge >= 0.3 is 0 Å². The van der Waals surface area contributed by atoms with Crippen LogP contribution in [0.25, 0.3) is 0 Å². The van der Waals surface area contributed by atoms with Crippen LogP contribution in [0.2, 0.25) is 0 Å². The molecule has 0 aromatic heterocycles. The summed E-state index contributed by atoms with van der Waals surface area (Å²) in [7, 11) is 4.24. The molecule has 0 rings (SSSR count). The summed E-state index contributed by atoms with van der Waals surface area (Å²) in [4.78, 5) is 11.9. The second-order valence-corrected chi connectivity index (χ2v) is 10.9. The Morgan fingerprint density at radius 3 is 1.39 bits per heavy atom. The van der Waals surface area contributed by atoms with Crippen LogP contribution in [0.3, 0.4) is 0 Å². The van der Waals surface area contributed by atoms with Crippen LogP contribution in [-0.2, 0) is 4.79 Å². The molecular weight excluding hydrogens is 408 g/mol. The Bertz CT molecular complexity index is 412. The summed E-state index contributed by atoms with van der Waals surface area (Å²) in [6.07, 6.45) is 27.9. The van der Waals surface area contributed by atoms with Crippen molar-refractivity contribution < 1.29 is 14.4 Å². The van der Waals surface area contributed by atoms with Crippen molar-refractivity contribution in [2.24, 2.45) is 0 Å². The number of unbranched alkanes of at least 4 members (excludes halogenated alkanes) is 18. The predicted molar refractivity (Wildman–Crippen MR) is 145 cm³/mol. The lowest BCUT2D eigenvalue weighted by molar-refractivity contribution is -0.890. The highest BCUT2D eigenvalue weighted by atomic mass is 16.3. The lowest BCUT2D eigenvalue weighted by Crippen LogP contribution is -2.43. The summed E-state index contributed by atoms with van der Waals surface area (Å²) in [5, 5.41) is 12.1. The molecule has 0 aliphatic heterocycles. The predicted octanol–water partition coefficient (Wildman–Crippen LogP) is 7.38. The zero-order chi connectivity index (χ0) is 24.5. The van der Waals surface area contributed by atoms with E-state index in [-0.39, 0.29) is 12.5 Å². The van der Waals surface area contributed by atoms with Crippen molar-refractivity contribution in [3.05, 3.63) is 0 Å². The quantitative estimate of drug-likeness (QED) is 0.102. The van der Waals surface area contributed by atoms with Crippen molar-refractivity contribution in [3.8, 4) is 0 Å². The van der Waals surface area contributed by atoms with Gasteiger partial charge in [0.15, 0.2) is 0 Å². The van der Waals surface area contributed by atoms with E-state index < -0.39 is 0 Å². The molecule has 0 aromatic carbocycles. The number of hydrogen-bond donors (Lipinski definition) is 2. The first-order valence-electron chi connectivity index (χ1n) is 14.7. The van der Waals surface area contributed by atoms with Gasteiger partial charge in [-0.05, 0) is 6.42 Å². The van der Waals surface area contributed by atoms with Crippen molar-refractivity contribution in [1.82, 2.24) is 5.32 Å². The third kappa shape index (κ3) is 25.8. The molecule has 33 heavy (non-hydrogen) atoms. The Labute approximate surface area is 207 Å².